The van der Waals surface area contributed by atoms with E-state index in [4.69, 9.17) is 4.42 Å². The second-order valence-corrected chi connectivity index (χ2v) is 5.12. The molecule has 0 unspecified atom stereocenters. The van der Waals surface area contributed by atoms with Crippen molar-refractivity contribution in [2.45, 2.75) is 6.54 Å². The molecule has 0 bridgehead atoms. The Morgan fingerprint density at radius 1 is 1.28 bits per heavy atom. The fraction of sp³-hybridized carbons (Fsp3) is 0.143. The topological polar surface area (TPSA) is 25.2 Å². The van der Waals surface area contributed by atoms with Crippen LogP contribution in [0.4, 0.5) is 4.39 Å². The van der Waals surface area contributed by atoms with E-state index in [0.29, 0.717) is 5.58 Å². The molecular formula is C14H12FNOS. The van der Waals surface area contributed by atoms with E-state index < -0.39 is 0 Å². The van der Waals surface area contributed by atoms with Gasteiger partial charge in [-0.15, -0.1) is 11.3 Å². The van der Waals surface area contributed by atoms with Crippen molar-refractivity contribution in [3.8, 4) is 11.3 Å². The van der Waals surface area contributed by atoms with Gasteiger partial charge in [-0.2, -0.15) is 0 Å². The molecule has 0 radical (unpaired) electrons. The van der Waals surface area contributed by atoms with Crippen LogP contribution in [-0.2, 0) is 6.54 Å². The maximum atomic E-state index is 13.1. The van der Waals surface area contributed by atoms with Crippen molar-refractivity contribution in [2.75, 3.05) is 7.05 Å². The largest absolute Gasteiger partial charge is 0.456 e. The van der Waals surface area contributed by atoms with Gasteiger partial charge in [0.1, 0.15) is 17.2 Å². The van der Waals surface area contributed by atoms with Gasteiger partial charge in [0.25, 0.3) is 0 Å². The van der Waals surface area contributed by atoms with Gasteiger partial charge < -0.3 is 9.73 Å². The van der Waals surface area contributed by atoms with Crippen molar-refractivity contribution in [1.82, 2.24) is 5.32 Å². The van der Waals surface area contributed by atoms with Crippen LogP contribution in [0.1, 0.15) is 4.88 Å². The third-order valence-corrected chi connectivity index (χ3v) is 3.70. The van der Waals surface area contributed by atoms with Gasteiger partial charge in [-0.3, -0.25) is 0 Å². The highest BCUT2D eigenvalue weighted by Crippen LogP contribution is 2.31. The summed E-state index contributed by atoms with van der Waals surface area (Å²) in [5.41, 5.74) is 1.76. The molecule has 0 atom stereocenters. The highest BCUT2D eigenvalue weighted by Gasteiger charge is 2.09. The third kappa shape index (κ3) is 2.05. The summed E-state index contributed by atoms with van der Waals surface area (Å²) in [6.07, 6.45) is 0. The fourth-order valence-electron chi connectivity index (χ4n) is 1.93. The summed E-state index contributed by atoms with van der Waals surface area (Å²) < 4.78 is 18.8. The van der Waals surface area contributed by atoms with Crippen LogP contribution in [0.3, 0.4) is 0 Å². The van der Waals surface area contributed by atoms with Crippen molar-refractivity contribution < 1.29 is 8.81 Å². The fourth-order valence-corrected chi connectivity index (χ4v) is 2.82. The first-order valence-corrected chi connectivity index (χ1v) is 6.56. The van der Waals surface area contributed by atoms with E-state index in [1.54, 1.807) is 17.4 Å². The zero-order chi connectivity index (χ0) is 12.5. The Labute approximate surface area is 108 Å². The van der Waals surface area contributed by atoms with Crippen LogP contribution < -0.4 is 5.32 Å². The molecule has 4 heteroatoms. The summed E-state index contributed by atoms with van der Waals surface area (Å²) >= 11 is 1.69. The zero-order valence-corrected chi connectivity index (χ0v) is 10.7. The van der Waals surface area contributed by atoms with Crippen LogP contribution in [0.25, 0.3) is 22.3 Å². The smallest absolute Gasteiger partial charge is 0.136 e. The number of fused-ring (bicyclic) bond motifs is 1. The standard InChI is InChI=1S/C14H12FNOS/c1-16-7-12-5-10(8-18-12)14-6-9-4-11(15)2-3-13(9)17-14/h2-6,8,16H,7H2,1H3. The second-order valence-electron chi connectivity index (χ2n) is 4.12. The molecule has 18 heavy (non-hydrogen) atoms. The molecule has 0 aliphatic rings. The highest BCUT2D eigenvalue weighted by atomic mass is 32.1. The number of hydrogen-bond acceptors (Lipinski definition) is 3. The van der Waals surface area contributed by atoms with Gasteiger partial charge in [0.2, 0.25) is 0 Å². The molecule has 0 aliphatic heterocycles. The number of thiophene rings is 1. The maximum absolute atomic E-state index is 13.1. The van der Waals surface area contributed by atoms with Crippen LogP contribution in [0.15, 0.2) is 40.1 Å². The second kappa shape index (κ2) is 4.55. The Bertz CT molecular complexity index is 686. The minimum absolute atomic E-state index is 0.240. The lowest BCUT2D eigenvalue weighted by Gasteiger charge is -1.91. The minimum atomic E-state index is -0.240. The predicted molar refractivity (Wildman–Crippen MR) is 72.2 cm³/mol. The van der Waals surface area contributed by atoms with Gasteiger partial charge in [0, 0.05) is 27.8 Å². The minimum Gasteiger partial charge on any atom is -0.456 e. The molecule has 3 aromatic rings. The summed E-state index contributed by atoms with van der Waals surface area (Å²) in [4.78, 5) is 1.25. The molecule has 0 saturated heterocycles. The number of nitrogens with one attached hydrogen (secondary N) is 1. The number of rotatable bonds is 3. The Morgan fingerprint density at radius 3 is 3.00 bits per heavy atom. The number of furan rings is 1. The molecular weight excluding hydrogens is 249 g/mol. The average molecular weight is 261 g/mol. The zero-order valence-electron chi connectivity index (χ0n) is 9.87. The molecule has 1 aromatic carbocycles. The lowest BCUT2D eigenvalue weighted by atomic mass is 10.2. The summed E-state index contributed by atoms with van der Waals surface area (Å²) in [7, 11) is 1.92. The maximum Gasteiger partial charge on any atom is 0.136 e. The molecule has 92 valence electrons. The number of hydrogen-bond donors (Lipinski definition) is 1. The summed E-state index contributed by atoms with van der Waals surface area (Å²) in [5, 5.41) is 5.97. The molecule has 0 fully saturated rings. The van der Waals surface area contributed by atoms with Gasteiger partial charge in [-0.1, -0.05) is 0 Å². The van der Waals surface area contributed by atoms with Gasteiger partial charge in [0.15, 0.2) is 0 Å². The van der Waals surface area contributed by atoms with E-state index >= 15 is 0 Å². The van der Waals surface area contributed by atoms with Crippen molar-refractivity contribution in [3.05, 3.63) is 46.4 Å². The van der Waals surface area contributed by atoms with Crippen LogP contribution in [-0.4, -0.2) is 7.05 Å². The first-order chi connectivity index (χ1) is 8.76. The normalized spacial score (nSPS) is 11.2. The quantitative estimate of drug-likeness (QED) is 0.770. The average Bonchev–Trinajstić information content (AvgIpc) is 2.94. The Kier molecular flexibility index (Phi) is 2.89. The third-order valence-electron chi connectivity index (χ3n) is 2.77. The highest BCUT2D eigenvalue weighted by molar-refractivity contribution is 7.10. The summed E-state index contributed by atoms with van der Waals surface area (Å²) in [6.45, 7) is 0.847. The molecule has 0 spiro atoms. The Morgan fingerprint density at radius 2 is 2.17 bits per heavy atom. The molecule has 2 aromatic heterocycles. The SMILES string of the molecule is CNCc1cc(-c2cc3cc(F)ccc3o2)cs1. The molecule has 0 saturated carbocycles. The van der Waals surface area contributed by atoms with Crippen LogP contribution >= 0.6 is 11.3 Å². The first kappa shape index (κ1) is 11.4. The van der Waals surface area contributed by atoms with Crippen molar-refractivity contribution in [3.63, 3.8) is 0 Å². The van der Waals surface area contributed by atoms with E-state index in [-0.39, 0.29) is 5.82 Å². The molecule has 3 rings (SSSR count). The predicted octanol–water partition coefficient (Wildman–Crippen LogP) is 4.02. The van der Waals surface area contributed by atoms with Gasteiger partial charge >= 0.3 is 0 Å². The van der Waals surface area contributed by atoms with E-state index in [9.17, 15) is 4.39 Å². The summed E-state index contributed by atoms with van der Waals surface area (Å²) in [5.74, 6) is 0.547. The number of benzene rings is 1. The summed E-state index contributed by atoms with van der Waals surface area (Å²) in [6, 6.07) is 8.53. The Balaban J connectivity index is 2.02. The van der Waals surface area contributed by atoms with Gasteiger partial charge in [-0.05, 0) is 37.4 Å². The molecule has 2 heterocycles. The molecule has 0 amide bonds. The van der Waals surface area contributed by atoms with Crippen LogP contribution in [0.5, 0.6) is 0 Å². The van der Waals surface area contributed by atoms with E-state index in [1.807, 2.05) is 13.1 Å². The first-order valence-electron chi connectivity index (χ1n) is 5.68. The van der Waals surface area contributed by atoms with Gasteiger partial charge in [0.05, 0.1) is 0 Å². The van der Waals surface area contributed by atoms with Crippen LogP contribution in [0.2, 0.25) is 0 Å². The lowest BCUT2D eigenvalue weighted by molar-refractivity contribution is 0.619. The monoisotopic (exact) mass is 261 g/mol. The molecule has 0 aliphatic carbocycles. The lowest BCUT2D eigenvalue weighted by Crippen LogP contribution is -2.02. The number of halogens is 1. The van der Waals surface area contributed by atoms with E-state index in [0.717, 1.165) is 23.3 Å². The Hall–Kier alpha value is -1.65. The molecule has 1 N–H and O–H groups in total. The van der Waals surface area contributed by atoms with E-state index in [1.165, 1.54) is 17.0 Å². The van der Waals surface area contributed by atoms with E-state index in [2.05, 4.69) is 16.8 Å². The van der Waals surface area contributed by atoms with Crippen LogP contribution in [0, 0.1) is 5.82 Å². The van der Waals surface area contributed by atoms with Gasteiger partial charge in [-0.25, -0.2) is 4.39 Å². The van der Waals surface area contributed by atoms with Crippen molar-refractivity contribution in [1.29, 1.82) is 0 Å². The van der Waals surface area contributed by atoms with Crippen molar-refractivity contribution >= 4 is 22.3 Å². The van der Waals surface area contributed by atoms with Crippen molar-refractivity contribution in [2.24, 2.45) is 0 Å². The molecule has 2 nitrogen and oxygen atoms in total.